The van der Waals surface area contributed by atoms with E-state index in [1.165, 1.54) is 0 Å². The van der Waals surface area contributed by atoms with Crippen molar-refractivity contribution in [1.82, 2.24) is 16.0 Å². The number of carboxylic acids is 1. The van der Waals surface area contributed by atoms with Crippen LogP contribution in [0.1, 0.15) is 50.7 Å². The molecule has 0 fully saturated rings. The van der Waals surface area contributed by atoms with Gasteiger partial charge in [-0.2, -0.15) is 0 Å². The van der Waals surface area contributed by atoms with Gasteiger partial charge in [-0.15, -0.1) is 0 Å². The lowest BCUT2D eigenvalue weighted by Crippen LogP contribution is -2.58. The molecule has 2 aromatic rings. The lowest BCUT2D eigenvalue weighted by Gasteiger charge is -2.26. The quantitative estimate of drug-likeness (QED) is 0.161. The van der Waals surface area contributed by atoms with Crippen molar-refractivity contribution in [3.05, 3.63) is 71.8 Å². The van der Waals surface area contributed by atoms with Gasteiger partial charge in [0.1, 0.15) is 18.1 Å². The molecule has 10 heteroatoms. The Kier molecular flexibility index (Phi) is 13.8. The summed E-state index contributed by atoms with van der Waals surface area (Å²) in [5, 5.41) is 17.7. The molecule has 5 atom stereocenters. The number of hydrogen-bond donors (Lipinski definition) is 6. The molecule has 8 N–H and O–H groups in total. The van der Waals surface area contributed by atoms with E-state index in [9.17, 15) is 24.3 Å². The number of unbranched alkanes of at least 4 members (excludes halogenated alkanes) is 1. The maximum Gasteiger partial charge on any atom is 0.326 e. The van der Waals surface area contributed by atoms with Crippen molar-refractivity contribution >= 4 is 23.7 Å². The highest BCUT2D eigenvalue weighted by molar-refractivity contribution is 5.94. The summed E-state index contributed by atoms with van der Waals surface area (Å²) in [6.45, 7) is 4.00. The van der Waals surface area contributed by atoms with E-state index < -0.39 is 47.9 Å². The average Bonchev–Trinajstić information content (AvgIpc) is 2.95. The van der Waals surface area contributed by atoms with Crippen LogP contribution >= 0.6 is 0 Å². The first kappa shape index (κ1) is 32.5. The van der Waals surface area contributed by atoms with Crippen molar-refractivity contribution in [2.45, 2.75) is 76.5 Å². The topological polar surface area (TPSA) is 177 Å². The van der Waals surface area contributed by atoms with Gasteiger partial charge in [0.15, 0.2) is 0 Å². The van der Waals surface area contributed by atoms with E-state index in [-0.39, 0.29) is 18.8 Å². The predicted octanol–water partition coefficient (Wildman–Crippen LogP) is 1.51. The highest BCUT2D eigenvalue weighted by atomic mass is 16.4. The number of rotatable bonds is 17. The van der Waals surface area contributed by atoms with Crippen LogP contribution in [0.15, 0.2) is 60.7 Å². The Morgan fingerprint density at radius 1 is 0.775 bits per heavy atom. The van der Waals surface area contributed by atoms with Gasteiger partial charge in [0.25, 0.3) is 0 Å². The lowest BCUT2D eigenvalue weighted by molar-refractivity contribution is -0.144. The van der Waals surface area contributed by atoms with Crippen molar-refractivity contribution in [3.8, 4) is 0 Å². The number of carboxylic acid groups (broad SMARTS) is 1. The molecular formula is C30H43N5O5. The molecule has 0 bridgehead atoms. The first-order chi connectivity index (χ1) is 19.2. The first-order valence-corrected chi connectivity index (χ1v) is 13.8. The molecule has 0 aliphatic carbocycles. The van der Waals surface area contributed by atoms with Crippen molar-refractivity contribution in [2.75, 3.05) is 6.54 Å². The molecule has 0 saturated heterocycles. The Hall–Kier alpha value is -3.76. The molecule has 0 aliphatic heterocycles. The maximum atomic E-state index is 13.5. The van der Waals surface area contributed by atoms with Crippen molar-refractivity contribution in [1.29, 1.82) is 0 Å². The number of hydrogen-bond acceptors (Lipinski definition) is 6. The molecule has 5 unspecified atom stereocenters. The van der Waals surface area contributed by atoms with Crippen LogP contribution in [-0.4, -0.2) is 59.5 Å². The molecule has 2 rings (SSSR count). The second-order valence-corrected chi connectivity index (χ2v) is 10.1. The highest BCUT2D eigenvalue weighted by Gasteiger charge is 2.32. The lowest BCUT2D eigenvalue weighted by atomic mass is 9.98. The third kappa shape index (κ3) is 10.8. The molecule has 218 valence electrons. The van der Waals surface area contributed by atoms with Crippen LogP contribution in [0, 0.1) is 5.92 Å². The zero-order valence-corrected chi connectivity index (χ0v) is 23.3. The second kappa shape index (κ2) is 17.0. The average molecular weight is 554 g/mol. The number of carbonyl (C=O) groups is 4. The van der Waals surface area contributed by atoms with Gasteiger partial charge in [0.05, 0.1) is 6.04 Å². The molecule has 0 heterocycles. The third-order valence-electron chi connectivity index (χ3n) is 6.91. The second-order valence-electron chi connectivity index (χ2n) is 10.1. The number of nitrogens with two attached hydrogens (primary N) is 2. The Morgan fingerprint density at radius 3 is 1.82 bits per heavy atom. The van der Waals surface area contributed by atoms with Crippen LogP contribution in [0.5, 0.6) is 0 Å². The Balaban J connectivity index is 2.22. The standard InChI is InChI=1S/C30H43N5O5/c1-3-20(2)26(30(39)40)35-28(37)24(16-10-11-17-31)33-29(38)25(19-22-14-8-5-9-15-22)34-27(36)23(32)18-21-12-6-4-7-13-21/h4-9,12-15,20,23-26H,3,10-11,16-19,31-32H2,1-2H3,(H,33,38)(H,34,36)(H,35,37)(H,39,40). The molecule has 2 aromatic carbocycles. The summed E-state index contributed by atoms with van der Waals surface area (Å²) in [6, 6.07) is 14.5. The fourth-order valence-electron chi connectivity index (χ4n) is 4.27. The molecular weight excluding hydrogens is 510 g/mol. The van der Waals surface area contributed by atoms with Crippen LogP contribution in [0.3, 0.4) is 0 Å². The molecule has 3 amide bonds. The Morgan fingerprint density at radius 2 is 1.30 bits per heavy atom. The SMILES string of the molecule is CCC(C)C(NC(=O)C(CCCCN)NC(=O)C(Cc1ccccc1)NC(=O)C(N)Cc1ccccc1)C(=O)O. The summed E-state index contributed by atoms with van der Waals surface area (Å²) < 4.78 is 0. The van der Waals surface area contributed by atoms with Crippen LogP contribution in [0.4, 0.5) is 0 Å². The molecule has 0 aliphatic rings. The highest BCUT2D eigenvalue weighted by Crippen LogP contribution is 2.11. The largest absolute Gasteiger partial charge is 0.480 e. The zero-order chi connectivity index (χ0) is 29.5. The third-order valence-corrected chi connectivity index (χ3v) is 6.91. The molecule has 0 spiro atoms. The molecule has 40 heavy (non-hydrogen) atoms. The number of nitrogens with one attached hydrogen (secondary N) is 3. The van der Waals surface area contributed by atoms with Gasteiger partial charge in [-0.25, -0.2) is 4.79 Å². The molecule has 0 aromatic heterocycles. The number of carbonyl (C=O) groups excluding carboxylic acids is 3. The number of amides is 3. The van der Waals surface area contributed by atoms with E-state index in [1.54, 1.807) is 6.92 Å². The number of aliphatic carboxylic acids is 1. The maximum absolute atomic E-state index is 13.5. The van der Waals surface area contributed by atoms with Crippen molar-refractivity contribution in [2.24, 2.45) is 17.4 Å². The minimum Gasteiger partial charge on any atom is -0.480 e. The smallest absolute Gasteiger partial charge is 0.326 e. The minimum atomic E-state index is -1.14. The Bertz CT molecular complexity index is 1080. The summed E-state index contributed by atoms with van der Waals surface area (Å²) in [5.74, 6) is -3.10. The number of benzene rings is 2. The van der Waals surface area contributed by atoms with Gasteiger partial charge in [-0.3, -0.25) is 14.4 Å². The van der Waals surface area contributed by atoms with Crippen molar-refractivity contribution in [3.63, 3.8) is 0 Å². The van der Waals surface area contributed by atoms with E-state index in [0.29, 0.717) is 32.2 Å². The van der Waals surface area contributed by atoms with Crippen LogP contribution < -0.4 is 27.4 Å². The first-order valence-electron chi connectivity index (χ1n) is 13.8. The minimum absolute atomic E-state index is 0.179. The predicted molar refractivity (Wildman–Crippen MR) is 154 cm³/mol. The van der Waals surface area contributed by atoms with Crippen LogP contribution in [0.25, 0.3) is 0 Å². The van der Waals surface area contributed by atoms with Gasteiger partial charge in [-0.05, 0) is 49.3 Å². The summed E-state index contributed by atoms with van der Waals surface area (Å²) in [7, 11) is 0. The molecule has 0 saturated carbocycles. The van der Waals surface area contributed by atoms with Crippen molar-refractivity contribution < 1.29 is 24.3 Å². The van der Waals surface area contributed by atoms with Crippen LogP contribution in [-0.2, 0) is 32.0 Å². The summed E-state index contributed by atoms with van der Waals surface area (Å²) in [6.07, 6.45) is 2.47. The summed E-state index contributed by atoms with van der Waals surface area (Å²) in [5.41, 5.74) is 13.5. The van der Waals surface area contributed by atoms with E-state index in [4.69, 9.17) is 11.5 Å². The van der Waals surface area contributed by atoms with Gasteiger partial charge in [-0.1, -0.05) is 80.9 Å². The van der Waals surface area contributed by atoms with Gasteiger partial charge < -0.3 is 32.5 Å². The van der Waals surface area contributed by atoms with Gasteiger partial charge >= 0.3 is 5.97 Å². The van der Waals surface area contributed by atoms with Crippen LogP contribution in [0.2, 0.25) is 0 Å². The summed E-state index contributed by atoms with van der Waals surface area (Å²) in [4.78, 5) is 51.6. The van der Waals surface area contributed by atoms with E-state index in [1.807, 2.05) is 67.6 Å². The van der Waals surface area contributed by atoms with Gasteiger partial charge in [0.2, 0.25) is 17.7 Å². The fraction of sp³-hybridized carbons (Fsp3) is 0.467. The van der Waals surface area contributed by atoms with Gasteiger partial charge in [0, 0.05) is 6.42 Å². The normalized spacial score (nSPS) is 14.7. The fourth-order valence-corrected chi connectivity index (χ4v) is 4.27. The van der Waals surface area contributed by atoms with E-state index >= 15 is 0 Å². The monoisotopic (exact) mass is 553 g/mol. The Labute approximate surface area is 236 Å². The molecule has 0 radical (unpaired) electrons. The van der Waals surface area contributed by atoms with E-state index in [0.717, 1.165) is 11.1 Å². The zero-order valence-electron chi connectivity index (χ0n) is 23.3. The summed E-state index contributed by atoms with van der Waals surface area (Å²) >= 11 is 0. The molecule has 10 nitrogen and oxygen atoms in total. The van der Waals surface area contributed by atoms with E-state index in [2.05, 4.69) is 16.0 Å².